The Morgan fingerprint density at radius 3 is 2.68 bits per heavy atom. The molecule has 1 aromatic heterocycles. The van der Waals surface area contributed by atoms with E-state index >= 15 is 0 Å². The van der Waals surface area contributed by atoms with Crippen LogP contribution in [0.3, 0.4) is 0 Å². The summed E-state index contributed by atoms with van der Waals surface area (Å²) in [6.07, 6.45) is 5.86. The van der Waals surface area contributed by atoms with Crippen molar-refractivity contribution in [3.8, 4) is 6.07 Å². The van der Waals surface area contributed by atoms with Gasteiger partial charge in [-0.2, -0.15) is 10.4 Å². The number of hydrogen-bond acceptors (Lipinski definition) is 3. The van der Waals surface area contributed by atoms with Crippen LogP contribution in [0.5, 0.6) is 0 Å². The second kappa shape index (κ2) is 6.21. The van der Waals surface area contributed by atoms with Crippen molar-refractivity contribution in [2.75, 3.05) is 0 Å². The van der Waals surface area contributed by atoms with Gasteiger partial charge in [0.05, 0.1) is 17.7 Å². The number of nitrogens with one attached hydrogen (secondary N) is 1. The molecule has 0 saturated heterocycles. The average molecular weight is 260 g/mol. The lowest BCUT2D eigenvalue weighted by Gasteiger charge is -2.21. The Bertz CT molecular complexity index is 469. The Morgan fingerprint density at radius 1 is 1.32 bits per heavy atom. The third-order valence-corrected chi connectivity index (χ3v) is 4.38. The van der Waals surface area contributed by atoms with E-state index < -0.39 is 0 Å². The number of nitriles is 1. The first-order valence-electron chi connectivity index (χ1n) is 7.25. The molecule has 19 heavy (non-hydrogen) atoms. The number of rotatable bonds is 3. The second-order valence-corrected chi connectivity index (χ2v) is 5.63. The van der Waals surface area contributed by atoms with Gasteiger partial charge in [0.15, 0.2) is 0 Å². The Kier molecular flexibility index (Phi) is 4.60. The van der Waals surface area contributed by atoms with Crippen LogP contribution in [0, 0.1) is 31.1 Å². The van der Waals surface area contributed by atoms with Gasteiger partial charge in [-0.25, -0.2) is 0 Å². The van der Waals surface area contributed by atoms with Crippen molar-refractivity contribution < 1.29 is 0 Å². The molecule has 0 radical (unpaired) electrons. The summed E-state index contributed by atoms with van der Waals surface area (Å²) in [5, 5.41) is 17.3. The van der Waals surface area contributed by atoms with Gasteiger partial charge >= 0.3 is 0 Å². The van der Waals surface area contributed by atoms with E-state index in [4.69, 9.17) is 0 Å². The van der Waals surface area contributed by atoms with E-state index in [1.54, 1.807) is 0 Å². The maximum atomic E-state index is 9.29. The molecule has 4 nitrogen and oxygen atoms in total. The van der Waals surface area contributed by atoms with Crippen LogP contribution in [0.1, 0.15) is 49.1 Å². The predicted molar refractivity (Wildman–Crippen MR) is 75.5 cm³/mol. The van der Waals surface area contributed by atoms with Crippen LogP contribution in [-0.4, -0.2) is 15.8 Å². The van der Waals surface area contributed by atoms with Gasteiger partial charge in [0.25, 0.3) is 0 Å². The van der Waals surface area contributed by atoms with E-state index in [1.807, 2.05) is 11.7 Å². The zero-order valence-electron chi connectivity index (χ0n) is 12.2. The van der Waals surface area contributed by atoms with Gasteiger partial charge in [-0.3, -0.25) is 4.68 Å². The van der Waals surface area contributed by atoms with Crippen LogP contribution in [-0.2, 0) is 13.6 Å². The minimum atomic E-state index is 0.166. The fourth-order valence-electron chi connectivity index (χ4n) is 3.01. The maximum absolute atomic E-state index is 9.29. The van der Waals surface area contributed by atoms with Gasteiger partial charge in [-0.1, -0.05) is 19.3 Å². The zero-order chi connectivity index (χ0) is 13.8. The Labute approximate surface area is 115 Å². The average Bonchev–Trinajstić information content (AvgIpc) is 2.60. The molecule has 1 saturated carbocycles. The van der Waals surface area contributed by atoms with E-state index in [2.05, 4.69) is 30.3 Å². The van der Waals surface area contributed by atoms with Gasteiger partial charge in [-0.15, -0.1) is 0 Å². The molecule has 2 unspecified atom stereocenters. The maximum Gasteiger partial charge on any atom is 0.0672 e. The number of aromatic nitrogens is 2. The normalized spacial score (nSPS) is 23.9. The smallest absolute Gasteiger partial charge is 0.0672 e. The lowest BCUT2D eigenvalue weighted by Crippen LogP contribution is -2.34. The Hall–Kier alpha value is -1.34. The Balaban J connectivity index is 2.02. The summed E-state index contributed by atoms with van der Waals surface area (Å²) in [5.41, 5.74) is 3.59. The summed E-state index contributed by atoms with van der Waals surface area (Å²) in [4.78, 5) is 0. The lowest BCUT2D eigenvalue weighted by atomic mass is 9.96. The molecule has 2 rings (SSSR count). The molecule has 1 heterocycles. The molecule has 1 aliphatic rings. The molecule has 4 heteroatoms. The molecular formula is C15H24N4. The van der Waals surface area contributed by atoms with Gasteiger partial charge in [0.2, 0.25) is 0 Å². The van der Waals surface area contributed by atoms with Crippen molar-refractivity contribution in [3.63, 3.8) is 0 Å². The molecule has 2 atom stereocenters. The highest BCUT2D eigenvalue weighted by atomic mass is 15.3. The van der Waals surface area contributed by atoms with E-state index in [0.29, 0.717) is 6.04 Å². The first-order valence-corrected chi connectivity index (χ1v) is 7.25. The summed E-state index contributed by atoms with van der Waals surface area (Å²) in [5.74, 6) is 0.166. The molecule has 104 valence electrons. The molecule has 0 aliphatic heterocycles. The third-order valence-electron chi connectivity index (χ3n) is 4.38. The SMILES string of the molecule is Cc1nn(C)c(C)c1CNC1CCCCCC1C#N. The highest BCUT2D eigenvalue weighted by Crippen LogP contribution is 2.23. The largest absolute Gasteiger partial charge is 0.308 e. The van der Waals surface area contributed by atoms with Gasteiger partial charge < -0.3 is 5.32 Å². The topological polar surface area (TPSA) is 53.6 Å². The second-order valence-electron chi connectivity index (χ2n) is 5.63. The minimum Gasteiger partial charge on any atom is -0.308 e. The van der Waals surface area contributed by atoms with Crippen molar-refractivity contribution in [1.29, 1.82) is 5.26 Å². The predicted octanol–water partition coefficient (Wildman–Crippen LogP) is 2.60. The third kappa shape index (κ3) is 3.16. The van der Waals surface area contributed by atoms with E-state index in [-0.39, 0.29) is 5.92 Å². The van der Waals surface area contributed by atoms with Crippen LogP contribution >= 0.6 is 0 Å². The molecule has 0 bridgehead atoms. The van der Waals surface area contributed by atoms with Crippen LogP contribution in [0.25, 0.3) is 0 Å². The Morgan fingerprint density at radius 2 is 2.05 bits per heavy atom. The van der Waals surface area contributed by atoms with Gasteiger partial charge in [0, 0.05) is 30.9 Å². The van der Waals surface area contributed by atoms with E-state index in [1.165, 1.54) is 30.5 Å². The standard InChI is InChI=1S/C15H24N4/c1-11-14(12(2)19(3)18-11)10-17-15-8-6-4-5-7-13(15)9-16/h13,15,17H,4-8,10H2,1-3H3. The van der Waals surface area contributed by atoms with Crippen LogP contribution < -0.4 is 5.32 Å². The van der Waals surface area contributed by atoms with Crippen molar-refractivity contribution in [2.45, 2.75) is 58.5 Å². The number of aryl methyl sites for hydroxylation is 2. The zero-order valence-corrected chi connectivity index (χ0v) is 12.2. The summed E-state index contributed by atoms with van der Waals surface area (Å²) < 4.78 is 1.93. The van der Waals surface area contributed by atoms with E-state index in [0.717, 1.165) is 25.1 Å². The molecule has 1 N–H and O–H groups in total. The quantitative estimate of drug-likeness (QED) is 0.850. The van der Waals surface area contributed by atoms with Crippen molar-refractivity contribution in [2.24, 2.45) is 13.0 Å². The molecule has 0 spiro atoms. The van der Waals surface area contributed by atoms with Crippen molar-refractivity contribution in [3.05, 3.63) is 17.0 Å². The van der Waals surface area contributed by atoms with Crippen molar-refractivity contribution >= 4 is 0 Å². The fourth-order valence-corrected chi connectivity index (χ4v) is 3.01. The molecule has 1 aliphatic carbocycles. The molecule has 1 aromatic rings. The molecular weight excluding hydrogens is 236 g/mol. The van der Waals surface area contributed by atoms with Crippen LogP contribution in [0.15, 0.2) is 0 Å². The monoisotopic (exact) mass is 260 g/mol. The summed E-state index contributed by atoms with van der Waals surface area (Å²) in [6, 6.07) is 2.82. The summed E-state index contributed by atoms with van der Waals surface area (Å²) in [6.45, 7) is 4.99. The molecule has 1 fully saturated rings. The summed E-state index contributed by atoms with van der Waals surface area (Å²) >= 11 is 0. The molecule has 0 amide bonds. The van der Waals surface area contributed by atoms with Gasteiger partial charge in [0.1, 0.15) is 0 Å². The number of hydrogen-bond donors (Lipinski definition) is 1. The van der Waals surface area contributed by atoms with E-state index in [9.17, 15) is 5.26 Å². The first-order chi connectivity index (χ1) is 9.13. The van der Waals surface area contributed by atoms with Crippen molar-refractivity contribution in [1.82, 2.24) is 15.1 Å². The van der Waals surface area contributed by atoms with Crippen LogP contribution in [0.4, 0.5) is 0 Å². The highest BCUT2D eigenvalue weighted by Gasteiger charge is 2.23. The fraction of sp³-hybridized carbons (Fsp3) is 0.733. The molecule has 0 aromatic carbocycles. The minimum absolute atomic E-state index is 0.166. The summed E-state index contributed by atoms with van der Waals surface area (Å²) in [7, 11) is 1.98. The lowest BCUT2D eigenvalue weighted by molar-refractivity contribution is 0.393. The van der Waals surface area contributed by atoms with Gasteiger partial charge in [-0.05, 0) is 26.7 Å². The highest BCUT2D eigenvalue weighted by molar-refractivity contribution is 5.24. The number of nitrogens with zero attached hydrogens (tertiary/aromatic N) is 3. The first kappa shape index (κ1) is 14.1. The van der Waals surface area contributed by atoms with Crippen LogP contribution in [0.2, 0.25) is 0 Å².